The van der Waals surface area contributed by atoms with Crippen LogP contribution in [0.5, 0.6) is 0 Å². The fourth-order valence-electron chi connectivity index (χ4n) is 1.69. The van der Waals surface area contributed by atoms with Crippen LogP contribution in [0.1, 0.15) is 12.5 Å². The highest BCUT2D eigenvalue weighted by atomic mass is 35.5. The summed E-state index contributed by atoms with van der Waals surface area (Å²) in [5.41, 5.74) is 0.920. The number of hydrogen-bond acceptors (Lipinski definition) is 4. The third kappa shape index (κ3) is 2.21. The van der Waals surface area contributed by atoms with Crippen molar-refractivity contribution in [1.82, 2.24) is 15.3 Å². The number of piperazine rings is 1. The maximum Gasteiger partial charge on any atom is 0.227 e. The third-order valence-corrected chi connectivity index (χ3v) is 3.04. The number of halogens is 1. The van der Waals surface area contributed by atoms with Crippen LogP contribution in [0.2, 0.25) is 5.15 Å². The van der Waals surface area contributed by atoms with Crippen LogP contribution in [-0.4, -0.2) is 35.6 Å². The summed E-state index contributed by atoms with van der Waals surface area (Å²) in [6.07, 6.45) is 1.78. The Morgan fingerprint density at radius 3 is 3.07 bits per heavy atom. The zero-order valence-corrected chi connectivity index (χ0v) is 9.75. The quantitative estimate of drug-likeness (QED) is 0.732. The molecule has 15 heavy (non-hydrogen) atoms. The summed E-state index contributed by atoms with van der Waals surface area (Å²) >= 11 is 5.99. The lowest BCUT2D eigenvalue weighted by molar-refractivity contribution is 0.493. The fraction of sp³-hybridized carbons (Fsp3) is 0.600. The summed E-state index contributed by atoms with van der Waals surface area (Å²) in [5, 5.41) is 3.88. The molecule has 1 aromatic rings. The van der Waals surface area contributed by atoms with Crippen molar-refractivity contribution >= 4 is 17.5 Å². The molecule has 0 radical (unpaired) electrons. The van der Waals surface area contributed by atoms with Gasteiger partial charge in [-0.2, -0.15) is 0 Å². The fourth-order valence-corrected chi connectivity index (χ4v) is 1.81. The zero-order chi connectivity index (χ0) is 10.8. The molecule has 1 aliphatic heterocycles. The molecule has 0 aliphatic carbocycles. The molecule has 2 rings (SSSR count). The van der Waals surface area contributed by atoms with E-state index in [0.29, 0.717) is 11.2 Å². The molecule has 4 nitrogen and oxygen atoms in total. The summed E-state index contributed by atoms with van der Waals surface area (Å²) in [5.74, 6) is 0.736. The Labute approximate surface area is 94.7 Å². The van der Waals surface area contributed by atoms with Gasteiger partial charge in [0, 0.05) is 37.4 Å². The second-order valence-corrected chi connectivity index (χ2v) is 4.25. The SMILES string of the molecule is Cc1cnc(N2CCNC[C@@H]2C)nc1Cl. The van der Waals surface area contributed by atoms with Gasteiger partial charge in [0.05, 0.1) is 0 Å². The van der Waals surface area contributed by atoms with Crippen LogP contribution >= 0.6 is 11.6 Å². The Bertz CT molecular complexity index is 355. The van der Waals surface area contributed by atoms with Crippen molar-refractivity contribution in [3.05, 3.63) is 16.9 Å². The van der Waals surface area contributed by atoms with Crippen LogP contribution in [0.4, 0.5) is 5.95 Å². The van der Waals surface area contributed by atoms with Gasteiger partial charge in [-0.15, -0.1) is 0 Å². The van der Waals surface area contributed by atoms with Gasteiger partial charge in [0.2, 0.25) is 5.95 Å². The molecule has 1 atom stereocenters. The van der Waals surface area contributed by atoms with Crippen LogP contribution in [0.3, 0.4) is 0 Å². The van der Waals surface area contributed by atoms with E-state index < -0.39 is 0 Å². The molecule has 0 aromatic carbocycles. The van der Waals surface area contributed by atoms with Crippen molar-refractivity contribution in [1.29, 1.82) is 0 Å². The number of aryl methyl sites for hydroxylation is 1. The maximum atomic E-state index is 5.99. The van der Waals surface area contributed by atoms with Gasteiger partial charge in [0.15, 0.2) is 0 Å². The van der Waals surface area contributed by atoms with Crippen molar-refractivity contribution < 1.29 is 0 Å². The summed E-state index contributed by atoms with van der Waals surface area (Å²) in [4.78, 5) is 10.8. The molecule has 1 N–H and O–H groups in total. The molecule has 1 aliphatic rings. The average molecular weight is 227 g/mol. The maximum absolute atomic E-state index is 5.99. The van der Waals surface area contributed by atoms with E-state index in [1.54, 1.807) is 6.20 Å². The third-order valence-electron chi connectivity index (χ3n) is 2.66. The van der Waals surface area contributed by atoms with Crippen molar-refractivity contribution in [2.45, 2.75) is 19.9 Å². The molecule has 0 amide bonds. The highest BCUT2D eigenvalue weighted by Crippen LogP contribution is 2.17. The average Bonchev–Trinajstić information content (AvgIpc) is 2.23. The summed E-state index contributed by atoms with van der Waals surface area (Å²) in [6, 6.07) is 0.414. The lowest BCUT2D eigenvalue weighted by Gasteiger charge is -2.33. The second kappa shape index (κ2) is 4.33. The normalized spacial score (nSPS) is 21.8. The van der Waals surface area contributed by atoms with Gasteiger partial charge >= 0.3 is 0 Å². The van der Waals surface area contributed by atoms with E-state index in [4.69, 9.17) is 11.6 Å². The number of hydrogen-bond donors (Lipinski definition) is 1. The monoisotopic (exact) mass is 226 g/mol. The van der Waals surface area contributed by atoms with E-state index in [-0.39, 0.29) is 0 Å². The zero-order valence-electron chi connectivity index (χ0n) is 9.00. The summed E-state index contributed by atoms with van der Waals surface area (Å²) in [7, 11) is 0. The first kappa shape index (κ1) is 10.6. The molecule has 1 saturated heterocycles. The molecule has 1 aromatic heterocycles. The van der Waals surface area contributed by atoms with Crippen molar-refractivity contribution in [3.8, 4) is 0 Å². The number of anilines is 1. The molecular weight excluding hydrogens is 212 g/mol. The minimum Gasteiger partial charge on any atom is -0.336 e. The summed E-state index contributed by atoms with van der Waals surface area (Å²) in [6.45, 7) is 6.94. The van der Waals surface area contributed by atoms with Gasteiger partial charge < -0.3 is 10.2 Å². The minimum atomic E-state index is 0.414. The van der Waals surface area contributed by atoms with Gasteiger partial charge in [-0.25, -0.2) is 9.97 Å². The van der Waals surface area contributed by atoms with Gasteiger partial charge in [-0.1, -0.05) is 11.6 Å². The molecule has 0 bridgehead atoms. The lowest BCUT2D eigenvalue weighted by atomic mass is 10.2. The Balaban J connectivity index is 2.24. The first-order chi connectivity index (χ1) is 7.18. The Hall–Kier alpha value is -0.870. The first-order valence-electron chi connectivity index (χ1n) is 5.15. The van der Waals surface area contributed by atoms with E-state index in [0.717, 1.165) is 31.1 Å². The van der Waals surface area contributed by atoms with Crippen LogP contribution in [-0.2, 0) is 0 Å². The van der Waals surface area contributed by atoms with E-state index in [1.807, 2.05) is 6.92 Å². The number of nitrogens with zero attached hydrogens (tertiary/aromatic N) is 3. The van der Waals surface area contributed by atoms with Gasteiger partial charge in [0.1, 0.15) is 5.15 Å². The van der Waals surface area contributed by atoms with Crippen molar-refractivity contribution in [2.75, 3.05) is 24.5 Å². The number of rotatable bonds is 1. The minimum absolute atomic E-state index is 0.414. The van der Waals surface area contributed by atoms with Crippen LogP contribution in [0, 0.1) is 6.92 Å². The largest absolute Gasteiger partial charge is 0.336 e. The highest BCUT2D eigenvalue weighted by molar-refractivity contribution is 6.30. The Morgan fingerprint density at radius 2 is 2.40 bits per heavy atom. The Kier molecular flexibility index (Phi) is 3.07. The van der Waals surface area contributed by atoms with Crippen molar-refractivity contribution in [2.24, 2.45) is 0 Å². The molecule has 5 heteroatoms. The van der Waals surface area contributed by atoms with Crippen LogP contribution in [0.15, 0.2) is 6.20 Å². The summed E-state index contributed by atoms with van der Waals surface area (Å²) < 4.78 is 0. The van der Waals surface area contributed by atoms with Gasteiger partial charge in [-0.3, -0.25) is 0 Å². The smallest absolute Gasteiger partial charge is 0.227 e. The second-order valence-electron chi connectivity index (χ2n) is 3.89. The molecule has 0 saturated carbocycles. The Morgan fingerprint density at radius 1 is 1.60 bits per heavy atom. The topological polar surface area (TPSA) is 41.1 Å². The highest BCUT2D eigenvalue weighted by Gasteiger charge is 2.20. The van der Waals surface area contributed by atoms with E-state index >= 15 is 0 Å². The standard InChI is InChI=1S/C10H15ClN4/c1-7-5-13-10(14-9(7)11)15-4-3-12-6-8(15)2/h5,8,12H,3-4,6H2,1-2H3/t8-/m0/s1. The van der Waals surface area contributed by atoms with Crippen molar-refractivity contribution in [3.63, 3.8) is 0 Å². The molecular formula is C10H15ClN4. The predicted molar refractivity (Wildman–Crippen MR) is 61.5 cm³/mol. The van der Waals surface area contributed by atoms with Crippen LogP contribution in [0.25, 0.3) is 0 Å². The molecule has 0 unspecified atom stereocenters. The first-order valence-corrected chi connectivity index (χ1v) is 5.53. The molecule has 82 valence electrons. The molecule has 0 spiro atoms. The van der Waals surface area contributed by atoms with Crippen LogP contribution < -0.4 is 10.2 Å². The number of aromatic nitrogens is 2. The van der Waals surface area contributed by atoms with E-state index in [2.05, 4.69) is 27.1 Å². The van der Waals surface area contributed by atoms with Gasteiger partial charge in [-0.05, 0) is 13.8 Å². The van der Waals surface area contributed by atoms with Gasteiger partial charge in [0.25, 0.3) is 0 Å². The lowest BCUT2D eigenvalue weighted by Crippen LogP contribution is -2.50. The number of nitrogens with one attached hydrogen (secondary N) is 1. The predicted octanol–water partition coefficient (Wildman–Crippen LogP) is 1.24. The molecule has 1 fully saturated rings. The molecule has 2 heterocycles. The van der Waals surface area contributed by atoms with E-state index in [9.17, 15) is 0 Å². The van der Waals surface area contributed by atoms with E-state index in [1.165, 1.54) is 0 Å².